The van der Waals surface area contributed by atoms with E-state index >= 15 is 0 Å². The standard InChI is InChI=1S/C75H132O6/c1-4-7-10-13-16-19-22-25-27-29-30-31-32-33-34-35-36-37-38-39-40-41-42-43-44-46-47-50-53-56-59-62-65-68-74(77)80-71-72(70-79-73(76)67-64-61-58-55-52-49-24-21-18-15-12-9-6-3)81-75(78)69-66-63-60-57-54-51-48-45-28-26-23-20-17-14-11-8-5-2/h7,10,16,19,25,27,30-31,33-34,36-37,39-40,72H,4-6,8-9,11-15,17-18,20-24,26,28-29,32,35,38,41-71H2,1-3H3/b10-7-,19-16-,27-25-,31-30-,34-33-,37-36-,40-39-. The highest BCUT2D eigenvalue weighted by molar-refractivity contribution is 5.71. The average molecular weight is 1130 g/mol. The van der Waals surface area contributed by atoms with Gasteiger partial charge in [0.05, 0.1) is 0 Å². The van der Waals surface area contributed by atoms with Gasteiger partial charge in [0.25, 0.3) is 0 Å². The lowest BCUT2D eigenvalue weighted by Crippen LogP contribution is -2.30. The molecule has 1 unspecified atom stereocenters. The van der Waals surface area contributed by atoms with Crippen molar-refractivity contribution in [2.75, 3.05) is 13.2 Å². The van der Waals surface area contributed by atoms with Gasteiger partial charge < -0.3 is 14.2 Å². The molecule has 0 heterocycles. The third kappa shape index (κ3) is 67.3. The molecule has 0 aliphatic heterocycles. The van der Waals surface area contributed by atoms with Crippen LogP contribution in [0.3, 0.4) is 0 Å². The maximum absolute atomic E-state index is 12.9. The molecule has 0 bridgehead atoms. The summed E-state index contributed by atoms with van der Waals surface area (Å²) in [5.41, 5.74) is 0. The number of carbonyl (C=O) groups excluding carboxylic acids is 3. The highest BCUT2D eigenvalue weighted by Crippen LogP contribution is 2.18. The Morgan fingerprint density at radius 2 is 0.481 bits per heavy atom. The maximum Gasteiger partial charge on any atom is 0.306 e. The first-order valence-corrected chi connectivity index (χ1v) is 35.1. The van der Waals surface area contributed by atoms with Crippen LogP contribution in [0, 0.1) is 0 Å². The van der Waals surface area contributed by atoms with E-state index in [0.29, 0.717) is 19.3 Å². The Labute approximate surface area is 503 Å². The second-order valence-electron chi connectivity index (χ2n) is 23.4. The molecule has 0 aromatic carbocycles. The van der Waals surface area contributed by atoms with Crippen LogP contribution in [0.2, 0.25) is 0 Å². The molecule has 0 aromatic rings. The van der Waals surface area contributed by atoms with Crippen molar-refractivity contribution < 1.29 is 28.6 Å². The molecule has 0 spiro atoms. The first-order valence-electron chi connectivity index (χ1n) is 35.1. The van der Waals surface area contributed by atoms with Crippen LogP contribution < -0.4 is 0 Å². The second-order valence-corrected chi connectivity index (χ2v) is 23.4. The van der Waals surface area contributed by atoms with E-state index in [0.717, 1.165) is 103 Å². The van der Waals surface area contributed by atoms with E-state index in [9.17, 15) is 14.4 Å². The average Bonchev–Trinajstić information content (AvgIpc) is 3.46. The molecule has 0 radical (unpaired) electrons. The lowest BCUT2D eigenvalue weighted by atomic mass is 10.0. The smallest absolute Gasteiger partial charge is 0.306 e. The SMILES string of the molecule is CC/C=C\C/C=C\C/C=C\C/C=C\C/C=C\C/C=C\C/C=C\CCCCCCCCCCCCCC(=O)OCC(COC(=O)CCCCCCCCCCCCCCC)OC(=O)CCCCCCCCCCCCCCCCCCC. The zero-order valence-electron chi connectivity index (χ0n) is 53.8. The fourth-order valence-corrected chi connectivity index (χ4v) is 10.2. The van der Waals surface area contributed by atoms with E-state index in [1.807, 2.05) is 0 Å². The Morgan fingerprint density at radius 3 is 0.753 bits per heavy atom. The molecule has 6 nitrogen and oxygen atoms in total. The summed E-state index contributed by atoms with van der Waals surface area (Å²) >= 11 is 0. The molecule has 0 rings (SSSR count). The Balaban J connectivity index is 4.21. The fourth-order valence-electron chi connectivity index (χ4n) is 10.2. The number of esters is 3. The fraction of sp³-hybridized carbons (Fsp3) is 0.773. The van der Waals surface area contributed by atoms with E-state index in [2.05, 4.69) is 106 Å². The summed E-state index contributed by atoms with van der Waals surface area (Å²) < 4.78 is 17.0. The number of rotatable bonds is 64. The van der Waals surface area contributed by atoms with Gasteiger partial charge in [-0.1, -0.05) is 343 Å². The summed E-state index contributed by atoms with van der Waals surface area (Å²) in [5.74, 6) is -0.852. The molecule has 0 aliphatic rings. The van der Waals surface area contributed by atoms with Gasteiger partial charge in [-0.05, 0) is 77.0 Å². The minimum absolute atomic E-state index is 0.0704. The molecule has 0 saturated carbocycles. The third-order valence-electron chi connectivity index (χ3n) is 15.4. The third-order valence-corrected chi connectivity index (χ3v) is 15.4. The molecule has 0 N–H and O–H groups in total. The van der Waals surface area contributed by atoms with Gasteiger partial charge in [-0.3, -0.25) is 14.4 Å². The van der Waals surface area contributed by atoms with Crippen molar-refractivity contribution in [3.63, 3.8) is 0 Å². The lowest BCUT2D eigenvalue weighted by Gasteiger charge is -2.18. The highest BCUT2D eigenvalue weighted by atomic mass is 16.6. The Hall–Kier alpha value is -3.41. The van der Waals surface area contributed by atoms with Crippen LogP contribution in [-0.4, -0.2) is 37.2 Å². The lowest BCUT2D eigenvalue weighted by molar-refractivity contribution is -0.167. The van der Waals surface area contributed by atoms with Gasteiger partial charge in [0, 0.05) is 19.3 Å². The molecule has 6 heteroatoms. The van der Waals surface area contributed by atoms with Crippen molar-refractivity contribution in [2.45, 2.75) is 361 Å². The second kappa shape index (κ2) is 69.1. The largest absolute Gasteiger partial charge is 0.462 e. The van der Waals surface area contributed by atoms with Crippen LogP contribution >= 0.6 is 0 Å². The summed E-state index contributed by atoms with van der Waals surface area (Å²) in [6, 6.07) is 0. The van der Waals surface area contributed by atoms with Gasteiger partial charge in [0.1, 0.15) is 13.2 Å². The van der Waals surface area contributed by atoms with Crippen molar-refractivity contribution in [3.8, 4) is 0 Å². The molecule has 0 aliphatic carbocycles. The number of ether oxygens (including phenoxy) is 3. The Kier molecular flexibility index (Phi) is 66.2. The van der Waals surface area contributed by atoms with Crippen molar-refractivity contribution in [3.05, 3.63) is 85.1 Å². The summed E-state index contributed by atoms with van der Waals surface area (Å²) in [5, 5.41) is 0. The number of allylic oxidation sites excluding steroid dienone is 14. The molecule has 0 saturated heterocycles. The Bertz CT molecular complexity index is 1530. The molecule has 1 atom stereocenters. The van der Waals surface area contributed by atoms with E-state index in [1.165, 1.54) is 212 Å². The van der Waals surface area contributed by atoms with Crippen molar-refractivity contribution in [1.29, 1.82) is 0 Å². The topological polar surface area (TPSA) is 78.9 Å². The minimum Gasteiger partial charge on any atom is -0.462 e. The summed E-state index contributed by atoms with van der Waals surface area (Å²) in [6.45, 7) is 6.58. The number of hydrogen-bond acceptors (Lipinski definition) is 6. The van der Waals surface area contributed by atoms with Crippen molar-refractivity contribution in [2.24, 2.45) is 0 Å². The van der Waals surface area contributed by atoms with E-state index in [4.69, 9.17) is 14.2 Å². The van der Waals surface area contributed by atoms with Gasteiger partial charge in [0.2, 0.25) is 0 Å². The quantitative estimate of drug-likeness (QED) is 0.0261. The summed E-state index contributed by atoms with van der Waals surface area (Å²) in [7, 11) is 0. The number of hydrogen-bond donors (Lipinski definition) is 0. The van der Waals surface area contributed by atoms with Gasteiger partial charge in [-0.25, -0.2) is 0 Å². The zero-order chi connectivity index (χ0) is 58.5. The van der Waals surface area contributed by atoms with Gasteiger partial charge in [-0.15, -0.1) is 0 Å². The number of unbranched alkanes of at least 4 members (excludes halogenated alkanes) is 39. The molecular weight excluding hydrogens is 997 g/mol. The van der Waals surface area contributed by atoms with Crippen LogP contribution in [0.1, 0.15) is 355 Å². The highest BCUT2D eigenvalue weighted by Gasteiger charge is 2.19. The molecule has 0 amide bonds. The monoisotopic (exact) mass is 1130 g/mol. The summed E-state index contributed by atoms with van der Waals surface area (Å²) in [6.07, 6.45) is 91.8. The van der Waals surface area contributed by atoms with Crippen molar-refractivity contribution in [1.82, 2.24) is 0 Å². The predicted molar refractivity (Wildman–Crippen MR) is 353 cm³/mol. The Morgan fingerprint density at radius 1 is 0.259 bits per heavy atom. The zero-order valence-corrected chi connectivity index (χ0v) is 53.8. The molecular formula is C75H132O6. The molecule has 468 valence electrons. The van der Waals surface area contributed by atoms with E-state index in [1.54, 1.807) is 0 Å². The molecule has 81 heavy (non-hydrogen) atoms. The molecule has 0 aromatic heterocycles. The van der Waals surface area contributed by atoms with Gasteiger partial charge >= 0.3 is 17.9 Å². The predicted octanol–water partition coefficient (Wildman–Crippen LogP) is 24.2. The first-order chi connectivity index (χ1) is 40.0. The van der Waals surface area contributed by atoms with Gasteiger partial charge in [0.15, 0.2) is 6.10 Å². The number of carbonyl (C=O) groups is 3. The van der Waals surface area contributed by atoms with Crippen molar-refractivity contribution >= 4 is 17.9 Å². The molecule has 0 fully saturated rings. The minimum atomic E-state index is -0.774. The van der Waals surface area contributed by atoms with E-state index in [-0.39, 0.29) is 31.1 Å². The van der Waals surface area contributed by atoms with Crippen LogP contribution in [0.25, 0.3) is 0 Å². The van der Waals surface area contributed by atoms with Crippen LogP contribution in [0.15, 0.2) is 85.1 Å². The summed E-state index contributed by atoms with van der Waals surface area (Å²) in [4.78, 5) is 38.4. The maximum atomic E-state index is 12.9. The van der Waals surface area contributed by atoms with Crippen LogP contribution in [0.5, 0.6) is 0 Å². The first kappa shape index (κ1) is 77.6. The van der Waals surface area contributed by atoms with E-state index < -0.39 is 6.10 Å². The van der Waals surface area contributed by atoms with Crippen LogP contribution in [0.4, 0.5) is 0 Å². The van der Waals surface area contributed by atoms with Crippen LogP contribution in [-0.2, 0) is 28.6 Å². The van der Waals surface area contributed by atoms with Gasteiger partial charge in [-0.2, -0.15) is 0 Å². The normalized spacial score (nSPS) is 12.6.